The molecule has 0 spiro atoms. The summed E-state index contributed by atoms with van der Waals surface area (Å²) >= 11 is 37.8. The van der Waals surface area contributed by atoms with Crippen LogP contribution in [0.15, 0.2) is 48.5 Å². The van der Waals surface area contributed by atoms with Crippen molar-refractivity contribution in [2.45, 2.75) is 13.0 Å². The van der Waals surface area contributed by atoms with Gasteiger partial charge < -0.3 is 11.5 Å². The Labute approximate surface area is 164 Å². The maximum Gasteiger partial charge on any atom is 0.208 e. The third-order valence-corrected chi connectivity index (χ3v) is 5.24. The van der Waals surface area contributed by atoms with Gasteiger partial charge in [-0.15, -0.1) is 0 Å². The summed E-state index contributed by atoms with van der Waals surface area (Å²) in [4.78, 5) is 0. The van der Waals surface area contributed by atoms with Gasteiger partial charge in [0.25, 0.3) is 0 Å². The Morgan fingerprint density at radius 1 is 0.522 bits per heavy atom. The Hall–Kier alpha value is -0.220. The molecule has 2 aromatic rings. The molecular weight excluding hydrogens is 421 g/mol. The third kappa shape index (κ3) is 3.44. The Kier molecular flexibility index (Phi) is 5.47. The van der Waals surface area contributed by atoms with Gasteiger partial charge in [-0.1, -0.05) is 93.9 Å². The molecule has 4 N–H and O–H groups in total. The van der Waals surface area contributed by atoms with Crippen LogP contribution in [0.4, 0.5) is 11.4 Å². The van der Waals surface area contributed by atoms with Crippen molar-refractivity contribution in [1.82, 2.24) is 0 Å². The molecule has 0 aromatic heterocycles. The Balaban J connectivity index is 2.86. The zero-order valence-corrected chi connectivity index (χ0v) is 16.1. The number of halogens is 6. The van der Waals surface area contributed by atoms with Crippen molar-refractivity contribution in [2.24, 2.45) is 0 Å². The maximum absolute atomic E-state index is 6.30. The molecule has 2 nitrogen and oxygen atoms in total. The minimum atomic E-state index is -1.97. The van der Waals surface area contributed by atoms with Crippen molar-refractivity contribution in [1.29, 1.82) is 0 Å². The van der Waals surface area contributed by atoms with E-state index in [1.165, 1.54) is 0 Å². The minimum absolute atomic E-state index is 0.497. The molecule has 124 valence electrons. The summed E-state index contributed by atoms with van der Waals surface area (Å²) in [5.74, 6) is 0. The lowest BCUT2D eigenvalue weighted by Crippen LogP contribution is -2.51. The molecule has 0 saturated carbocycles. The second kappa shape index (κ2) is 6.59. The highest BCUT2D eigenvalue weighted by atomic mass is 35.6. The predicted octanol–water partition coefficient (Wildman–Crippen LogP) is 5.88. The molecule has 0 atom stereocenters. The molecule has 0 amide bonds. The molecule has 23 heavy (non-hydrogen) atoms. The number of hydrogen-bond acceptors (Lipinski definition) is 2. The van der Waals surface area contributed by atoms with Crippen molar-refractivity contribution in [3.63, 3.8) is 0 Å². The van der Waals surface area contributed by atoms with Crippen LogP contribution in [0.2, 0.25) is 0 Å². The van der Waals surface area contributed by atoms with Crippen LogP contribution in [-0.4, -0.2) is 7.59 Å². The normalized spacial score (nSPS) is 13.1. The molecule has 0 radical (unpaired) electrons. The first kappa shape index (κ1) is 19.1. The lowest BCUT2D eigenvalue weighted by Gasteiger charge is -2.45. The number of hydrogen-bond donors (Lipinski definition) is 2. The molecular formula is C15H12Cl6N2. The summed E-state index contributed by atoms with van der Waals surface area (Å²) in [5.41, 5.74) is 12.0. The first-order valence-corrected chi connectivity index (χ1v) is 8.62. The average Bonchev–Trinajstić information content (AvgIpc) is 2.40. The van der Waals surface area contributed by atoms with Crippen LogP contribution < -0.4 is 11.5 Å². The molecule has 0 unspecified atom stereocenters. The Morgan fingerprint density at radius 2 is 0.783 bits per heavy atom. The summed E-state index contributed by atoms with van der Waals surface area (Å²) in [5, 5.41) is 0. The summed E-state index contributed by atoms with van der Waals surface area (Å²) in [7, 11) is 0. The van der Waals surface area contributed by atoms with Crippen LogP contribution in [-0.2, 0) is 5.41 Å². The Bertz CT molecular complexity index is 610. The van der Waals surface area contributed by atoms with Gasteiger partial charge in [-0.25, -0.2) is 0 Å². The smallest absolute Gasteiger partial charge is 0.208 e. The lowest BCUT2D eigenvalue weighted by atomic mass is 9.76. The van der Waals surface area contributed by atoms with E-state index in [1.54, 1.807) is 48.5 Å². The number of nitrogen functional groups attached to an aromatic ring is 2. The van der Waals surface area contributed by atoms with Gasteiger partial charge in [0.15, 0.2) is 0 Å². The van der Waals surface area contributed by atoms with Crippen molar-refractivity contribution >= 4 is 81.0 Å². The number of benzene rings is 2. The first-order valence-electron chi connectivity index (χ1n) is 6.35. The van der Waals surface area contributed by atoms with Crippen LogP contribution in [0.1, 0.15) is 11.1 Å². The van der Waals surface area contributed by atoms with Gasteiger partial charge in [0.05, 0.1) is 0 Å². The van der Waals surface area contributed by atoms with E-state index in [1.807, 2.05) is 0 Å². The minimum Gasteiger partial charge on any atom is -0.399 e. The van der Waals surface area contributed by atoms with Gasteiger partial charge in [0.2, 0.25) is 7.59 Å². The largest absolute Gasteiger partial charge is 0.399 e. The van der Waals surface area contributed by atoms with Crippen molar-refractivity contribution in [3.05, 3.63) is 59.7 Å². The molecule has 2 rings (SSSR count). The standard InChI is InChI=1S/C15H12Cl6N2/c16-14(17,18)13(15(19,20)21,9-1-5-11(22)6-2-9)10-3-7-12(23)8-4-10/h1-8H,22-23H2. The second-order valence-corrected chi connectivity index (χ2v) is 9.55. The van der Waals surface area contributed by atoms with Crippen LogP contribution in [0.25, 0.3) is 0 Å². The molecule has 0 aliphatic carbocycles. The molecule has 0 aliphatic rings. The maximum atomic E-state index is 6.30. The molecule has 2 aromatic carbocycles. The van der Waals surface area contributed by atoms with E-state index in [-0.39, 0.29) is 0 Å². The van der Waals surface area contributed by atoms with Gasteiger partial charge in [0.1, 0.15) is 5.41 Å². The van der Waals surface area contributed by atoms with Crippen LogP contribution in [0, 0.1) is 0 Å². The van der Waals surface area contributed by atoms with Crippen molar-refractivity contribution < 1.29 is 0 Å². The summed E-state index contributed by atoms with van der Waals surface area (Å²) in [6.07, 6.45) is 0. The highest BCUT2D eigenvalue weighted by Crippen LogP contribution is 2.62. The molecule has 0 heterocycles. The number of nitrogens with two attached hydrogens (primary N) is 2. The van der Waals surface area contributed by atoms with Gasteiger partial charge in [-0.3, -0.25) is 0 Å². The SMILES string of the molecule is Nc1ccc(C(c2ccc(N)cc2)(C(Cl)(Cl)Cl)C(Cl)(Cl)Cl)cc1. The fourth-order valence-corrected chi connectivity index (χ4v) is 5.04. The van der Waals surface area contributed by atoms with E-state index in [2.05, 4.69) is 0 Å². The fourth-order valence-electron chi connectivity index (χ4n) is 2.45. The van der Waals surface area contributed by atoms with E-state index in [0.29, 0.717) is 22.5 Å². The van der Waals surface area contributed by atoms with Gasteiger partial charge in [-0.05, 0) is 35.4 Å². The zero-order valence-electron chi connectivity index (χ0n) is 11.5. The third-order valence-electron chi connectivity index (χ3n) is 3.54. The van der Waals surface area contributed by atoms with Gasteiger partial charge in [-0.2, -0.15) is 0 Å². The van der Waals surface area contributed by atoms with Gasteiger partial charge >= 0.3 is 0 Å². The first-order chi connectivity index (χ1) is 10.5. The van der Waals surface area contributed by atoms with E-state index < -0.39 is 13.0 Å². The molecule has 0 bridgehead atoms. The molecule has 0 aliphatic heterocycles. The fraction of sp³-hybridized carbons (Fsp3) is 0.200. The molecule has 8 heteroatoms. The molecule has 0 fully saturated rings. The monoisotopic (exact) mass is 430 g/mol. The average molecular weight is 433 g/mol. The molecule has 0 saturated heterocycles. The quantitative estimate of drug-likeness (QED) is 0.460. The zero-order chi connectivity index (χ0) is 17.5. The van der Waals surface area contributed by atoms with Crippen LogP contribution in [0.5, 0.6) is 0 Å². The summed E-state index contributed by atoms with van der Waals surface area (Å²) < 4.78 is -3.94. The van der Waals surface area contributed by atoms with E-state index in [9.17, 15) is 0 Å². The number of alkyl halides is 6. The Morgan fingerprint density at radius 3 is 1.00 bits per heavy atom. The van der Waals surface area contributed by atoms with E-state index in [0.717, 1.165) is 0 Å². The highest BCUT2D eigenvalue weighted by Gasteiger charge is 2.63. The topological polar surface area (TPSA) is 52.0 Å². The van der Waals surface area contributed by atoms with Crippen LogP contribution in [0.3, 0.4) is 0 Å². The van der Waals surface area contributed by atoms with Gasteiger partial charge in [0, 0.05) is 11.4 Å². The van der Waals surface area contributed by atoms with E-state index >= 15 is 0 Å². The number of anilines is 2. The summed E-state index contributed by atoms with van der Waals surface area (Å²) in [6, 6.07) is 13.2. The predicted molar refractivity (Wildman–Crippen MR) is 103 cm³/mol. The summed E-state index contributed by atoms with van der Waals surface area (Å²) in [6.45, 7) is 0. The van der Waals surface area contributed by atoms with Crippen molar-refractivity contribution in [2.75, 3.05) is 11.5 Å². The lowest BCUT2D eigenvalue weighted by molar-refractivity contribution is 0.536. The van der Waals surface area contributed by atoms with Crippen LogP contribution >= 0.6 is 69.6 Å². The van der Waals surface area contributed by atoms with Crippen molar-refractivity contribution in [3.8, 4) is 0 Å². The number of rotatable bonds is 2. The highest BCUT2D eigenvalue weighted by molar-refractivity contribution is 6.74. The van der Waals surface area contributed by atoms with E-state index in [4.69, 9.17) is 81.1 Å². The second-order valence-electron chi connectivity index (χ2n) is 4.99.